The van der Waals surface area contributed by atoms with Crippen LogP contribution in [0.4, 0.5) is 4.39 Å². The zero-order valence-corrected chi connectivity index (χ0v) is 15.2. The molecule has 0 saturated heterocycles. The number of fused-ring (bicyclic) bond motifs is 3. The van der Waals surface area contributed by atoms with E-state index in [0.717, 1.165) is 34.3 Å². The zero-order valence-electron chi connectivity index (χ0n) is 14.4. The standard InChI is InChI=1S/C19H18FN3O3S/c20-13-5-7-14(8-6-13)27(25,26)22-10-9-18-16(11-22)15-3-1-2-4-17(15)23(18)12-19(21)24/h1-8H,9-12H2,(H2,21,24). The van der Waals surface area contributed by atoms with Gasteiger partial charge in [-0.15, -0.1) is 0 Å². The largest absolute Gasteiger partial charge is 0.368 e. The average molecular weight is 387 g/mol. The fraction of sp³-hybridized carbons (Fsp3) is 0.211. The minimum atomic E-state index is -3.74. The molecule has 8 heteroatoms. The van der Waals surface area contributed by atoms with Crippen molar-refractivity contribution in [2.75, 3.05) is 6.54 Å². The van der Waals surface area contributed by atoms with Crippen molar-refractivity contribution < 1.29 is 17.6 Å². The van der Waals surface area contributed by atoms with Gasteiger partial charge in [-0.25, -0.2) is 12.8 Å². The van der Waals surface area contributed by atoms with Gasteiger partial charge in [-0.05, 0) is 35.9 Å². The topological polar surface area (TPSA) is 85.4 Å². The van der Waals surface area contributed by atoms with Gasteiger partial charge in [0.25, 0.3) is 0 Å². The summed E-state index contributed by atoms with van der Waals surface area (Å²) in [4.78, 5) is 11.6. The molecule has 0 fully saturated rings. The Morgan fingerprint density at radius 2 is 1.81 bits per heavy atom. The molecule has 4 rings (SSSR count). The minimum Gasteiger partial charge on any atom is -0.368 e. The first-order valence-corrected chi connectivity index (χ1v) is 9.95. The van der Waals surface area contributed by atoms with Crippen molar-refractivity contribution >= 4 is 26.8 Å². The van der Waals surface area contributed by atoms with Crippen LogP contribution in [0.3, 0.4) is 0 Å². The van der Waals surface area contributed by atoms with E-state index in [1.807, 2.05) is 28.8 Å². The lowest BCUT2D eigenvalue weighted by atomic mass is 10.1. The smallest absolute Gasteiger partial charge is 0.243 e. The first-order chi connectivity index (χ1) is 12.9. The second kappa shape index (κ2) is 6.47. The summed E-state index contributed by atoms with van der Waals surface area (Å²) in [6.45, 7) is 0.531. The number of para-hydroxylation sites is 1. The van der Waals surface area contributed by atoms with Crippen molar-refractivity contribution in [3.05, 3.63) is 65.6 Å². The number of nitrogens with zero attached hydrogens (tertiary/aromatic N) is 2. The molecule has 1 amide bonds. The highest BCUT2D eigenvalue weighted by Gasteiger charge is 2.31. The molecule has 1 aliphatic rings. The summed E-state index contributed by atoms with van der Waals surface area (Å²) < 4.78 is 42.3. The molecule has 0 bridgehead atoms. The summed E-state index contributed by atoms with van der Waals surface area (Å²) >= 11 is 0. The fourth-order valence-electron chi connectivity index (χ4n) is 3.67. The average Bonchev–Trinajstić information content (AvgIpc) is 2.95. The van der Waals surface area contributed by atoms with Crippen molar-refractivity contribution in [3.63, 3.8) is 0 Å². The Bertz CT molecular complexity index is 1140. The molecule has 0 unspecified atom stereocenters. The van der Waals surface area contributed by atoms with Crippen LogP contribution in [0, 0.1) is 5.82 Å². The predicted octanol–water partition coefficient (Wildman–Crippen LogP) is 2.01. The number of carbonyl (C=O) groups is 1. The first kappa shape index (κ1) is 17.7. The molecular formula is C19H18FN3O3S. The molecule has 1 aromatic heterocycles. The van der Waals surface area contributed by atoms with Crippen LogP contribution in [0.15, 0.2) is 53.4 Å². The minimum absolute atomic E-state index is 0.0561. The maximum atomic E-state index is 13.1. The van der Waals surface area contributed by atoms with Gasteiger partial charge in [0.2, 0.25) is 15.9 Å². The molecule has 0 atom stereocenters. The van der Waals surface area contributed by atoms with Gasteiger partial charge in [-0.3, -0.25) is 4.79 Å². The lowest BCUT2D eigenvalue weighted by Crippen LogP contribution is -2.36. The Balaban J connectivity index is 1.77. The van der Waals surface area contributed by atoms with Crippen LogP contribution in [-0.4, -0.2) is 29.7 Å². The molecule has 0 aliphatic carbocycles. The second-order valence-corrected chi connectivity index (χ2v) is 8.48. The molecule has 27 heavy (non-hydrogen) atoms. The van der Waals surface area contributed by atoms with Crippen LogP contribution in [0.1, 0.15) is 11.3 Å². The van der Waals surface area contributed by atoms with Crippen molar-refractivity contribution in [1.82, 2.24) is 8.87 Å². The number of primary amides is 1. The van der Waals surface area contributed by atoms with E-state index in [0.29, 0.717) is 6.42 Å². The van der Waals surface area contributed by atoms with Crippen molar-refractivity contribution in [1.29, 1.82) is 0 Å². The van der Waals surface area contributed by atoms with Gasteiger partial charge in [0.1, 0.15) is 12.4 Å². The van der Waals surface area contributed by atoms with Gasteiger partial charge >= 0.3 is 0 Å². The highest BCUT2D eigenvalue weighted by Crippen LogP contribution is 2.33. The van der Waals surface area contributed by atoms with Crippen LogP contribution in [-0.2, 0) is 34.3 Å². The maximum absolute atomic E-state index is 13.1. The number of sulfonamides is 1. The Labute approximate surface area is 156 Å². The van der Waals surface area contributed by atoms with Crippen molar-refractivity contribution in [2.24, 2.45) is 5.73 Å². The van der Waals surface area contributed by atoms with Crippen molar-refractivity contribution in [2.45, 2.75) is 24.4 Å². The molecule has 0 spiro atoms. The molecule has 3 aromatic rings. The first-order valence-electron chi connectivity index (χ1n) is 8.51. The van der Waals surface area contributed by atoms with Gasteiger partial charge < -0.3 is 10.3 Å². The zero-order chi connectivity index (χ0) is 19.2. The van der Waals surface area contributed by atoms with Gasteiger partial charge in [0.15, 0.2) is 0 Å². The predicted molar refractivity (Wildman–Crippen MR) is 98.8 cm³/mol. The summed E-state index contributed by atoms with van der Waals surface area (Å²) in [5, 5.41) is 0.910. The van der Waals surface area contributed by atoms with Gasteiger partial charge in [0, 0.05) is 36.1 Å². The Morgan fingerprint density at radius 1 is 1.11 bits per heavy atom. The molecule has 0 saturated carbocycles. The van der Waals surface area contributed by atoms with Gasteiger partial charge in [-0.1, -0.05) is 18.2 Å². The Morgan fingerprint density at radius 3 is 2.52 bits per heavy atom. The number of rotatable bonds is 4. The number of nitrogens with two attached hydrogens (primary N) is 1. The Hall–Kier alpha value is -2.71. The monoisotopic (exact) mass is 387 g/mol. The van der Waals surface area contributed by atoms with Crippen molar-refractivity contribution in [3.8, 4) is 0 Å². The molecular weight excluding hydrogens is 369 g/mol. The van der Waals surface area contributed by atoms with Crippen LogP contribution in [0.5, 0.6) is 0 Å². The summed E-state index contributed by atoms with van der Waals surface area (Å²) in [6, 6.07) is 12.4. The molecule has 140 valence electrons. The number of benzene rings is 2. The van der Waals surface area contributed by atoms with E-state index in [2.05, 4.69) is 0 Å². The molecule has 0 radical (unpaired) electrons. The number of amides is 1. The van der Waals surface area contributed by atoms with E-state index >= 15 is 0 Å². The number of hydrogen-bond donors (Lipinski definition) is 1. The Kier molecular flexibility index (Phi) is 4.24. The third-order valence-electron chi connectivity index (χ3n) is 4.89. The number of aromatic nitrogens is 1. The van der Waals surface area contributed by atoms with E-state index in [1.165, 1.54) is 16.4 Å². The SMILES string of the molecule is NC(=O)Cn1c2c(c3ccccc31)CN(S(=O)(=O)c1ccc(F)cc1)CC2. The second-order valence-electron chi connectivity index (χ2n) is 6.54. The normalized spacial score (nSPS) is 15.0. The van der Waals surface area contributed by atoms with E-state index in [1.54, 1.807) is 0 Å². The quantitative estimate of drug-likeness (QED) is 0.743. The summed E-state index contributed by atoms with van der Waals surface area (Å²) in [5.74, 6) is -0.927. The highest BCUT2D eigenvalue weighted by molar-refractivity contribution is 7.89. The van der Waals surface area contributed by atoms with E-state index in [4.69, 9.17) is 5.73 Å². The summed E-state index contributed by atoms with van der Waals surface area (Å²) in [5.41, 5.74) is 8.07. The fourth-order valence-corrected chi connectivity index (χ4v) is 5.08. The molecule has 1 aliphatic heterocycles. The molecule has 2 heterocycles. The maximum Gasteiger partial charge on any atom is 0.243 e. The summed E-state index contributed by atoms with van der Waals surface area (Å²) in [6.07, 6.45) is 0.470. The van der Waals surface area contributed by atoms with Crippen LogP contribution >= 0.6 is 0 Å². The van der Waals surface area contributed by atoms with E-state index in [-0.39, 0.29) is 24.5 Å². The third kappa shape index (κ3) is 3.00. The summed E-state index contributed by atoms with van der Waals surface area (Å²) in [7, 11) is -3.74. The van der Waals surface area contributed by atoms with Gasteiger partial charge in [-0.2, -0.15) is 4.31 Å². The van der Waals surface area contributed by atoms with E-state index < -0.39 is 21.7 Å². The number of carbonyl (C=O) groups excluding carboxylic acids is 1. The van der Waals surface area contributed by atoms with E-state index in [9.17, 15) is 17.6 Å². The number of hydrogen-bond acceptors (Lipinski definition) is 3. The highest BCUT2D eigenvalue weighted by atomic mass is 32.2. The molecule has 2 N–H and O–H groups in total. The molecule has 6 nitrogen and oxygen atoms in total. The van der Waals surface area contributed by atoms with Crippen LogP contribution in [0.2, 0.25) is 0 Å². The lowest BCUT2D eigenvalue weighted by molar-refractivity contribution is -0.118. The lowest BCUT2D eigenvalue weighted by Gasteiger charge is -2.27. The third-order valence-corrected chi connectivity index (χ3v) is 6.75. The number of halogens is 1. The molecule has 2 aromatic carbocycles. The van der Waals surface area contributed by atoms with Gasteiger partial charge in [0.05, 0.1) is 4.90 Å². The van der Waals surface area contributed by atoms with Crippen LogP contribution < -0.4 is 5.73 Å². The van der Waals surface area contributed by atoms with Crippen LogP contribution in [0.25, 0.3) is 10.9 Å².